The van der Waals surface area contributed by atoms with Crippen LogP contribution in [0, 0.1) is 0 Å². The molecule has 3 nitrogen and oxygen atoms in total. The van der Waals surface area contributed by atoms with Crippen LogP contribution in [0.5, 0.6) is 5.75 Å². The molecule has 16 heavy (non-hydrogen) atoms. The van der Waals surface area contributed by atoms with Gasteiger partial charge >= 0.3 is 0 Å². The number of hydrogen-bond donors (Lipinski definition) is 1. The van der Waals surface area contributed by atoms with E-state index in [-0.39, 0.29) is 12.4 Å². The fourth-order valence-electron chi connectivity index (χ4n) is 1.91. The second-order valence-electron chi connectivity index (χ2n) is 4.02. The Labute approximate surface area is 95.0 Å². The van der Waals surface area contributed by atoms with Crippen LogP contribution in [-0.4, -0.2) is 24.1 Å². The van der Waals surface area contributed by atoms with Crippen molar-refractivity contribution >= 4 is 5.78 Å². The molecule has 86 valence electrons. The van der Waals surface area contributed by atoms with Gasteiger partial charge in [0.15, 0.2) is 5.78 Å². The summed E-state index contributed by atoms with van der Waals surface area (Å²) < 4.78 is 5.52. The third-order valence-electron chi connectivity index (χ3n) is 2.82. The quantitative estimate of drug-likeness (QED) is 0.772. The van der Waals surface area contributed by atoms with E-state index in [0.717, 1.165) is 36.1 Å². The van der Waals surface area contributed by atoms with E-state index in [1.165, 1.54) is 0 Å². The zero-order valence-corrected chi connectivity index (χ0v) is 9.24. The fraction of sp³-hybridized carbons (Fsp3) is 0.462. The predicted octanol–water partition coefficient (Wildman–Crippen LogP) is 1.97. The predicted molar refractivity (Wildman–Crippen MR) is 60.9 cm³/mol. The Bertz CT molecular complexity index is 385. The standard InChI is InChI=1S/C13H16O3/c14-7-1-2-8-16-11-5-3-10-4-6-13(15)12(10)9-11/h3,5,9,14H,1-2,4,6-8H2. The van der Waals surface area contributed by atoms with Crippen LogP contribution in [0.2, 0.25) is 0 Å². The largest absolute Gasteiger partial charge is 0.494 e. The number of Topliss-reactive ketones (excluding diaryl/α,β-unsaturated/α-hetero) is 1. The molecule has 0 aromatic heterocycles. The highest BCUT2D eigenvalue weighted by atomic mass is 16.5. The molecule has 1 aliphatic rings. The van der Waals surface area contributed by atoms with Crippen LogP contribution in [0.15, 0.2) is 18.2 Å². The van der Waals surface area contributed by atoms with Gasteiger partial charge in [0.25, 0.3) is 0 Å². The molecule has 1 aliphatic carbocycles. The molecule has 0 atom stereocenters. The molecular formula is C13H16O3. The Morgan fingerprint density at radius 1 is 1.25 bits per heavy atom. The fourth-order valence-corrected chi connectivity index (χ4v) is 1.91. The lowest BCUT2D eigenvalue weighted by atomic mass is 10.1. The van der Waals surface area contributed by atoms with Crippen molar-refractivity contribution < 1.29 is 14.6 Å². The van der Waals surface area contributed by atoms with Crippen LogP contribution in [0.3, 0.4) is 0 Å². The number of aliphatic hydroxyl groups excluding tert-OH is 1. The Balaban J connectivity index is 1.96. The summed E-state index contributed by atoms with van der Waals surface area (Å²) in [5.74, 6) is 0.975. The van der Waals surface area contributed by atoms with Crippen molar-refractivity contribution in [2.75, 3.05) is 13.2 Å². The summed E-state index contributed by atoms with van der Waals surface area (Å²) in [5, 5.41) is 8.62. The van der Waals surface area contributed by atoms with E-state index in [1.807, 2.05) is 18.2 Å². The van der Waals surface area contributed by atoms with Crippen molar-refractivity contribution in [2.45, 2.75) is 25.7 Å². The summed E-state index contributed by atoms with van der Waals surface area (Å²) in [6.07, 6.45) is 3.08. The Hall–Kier alpha value is -1.35. The van der Waals surface area contributed by atoms with Crippen molar-refractivity contribution in [1.82, 2.24) is 0 Å². The highest BCUT2D eigenvalue weighted by Gasteiger charge is 2.19. The number of aliphatic hydroxyl groups is 1. The first kappa shape index (κ1) is 11.1. The Kier molecular flexibility index (Phi) is 3.57. The maximum atomic E-state index is 11.5. The average molecular weight is 220 g/mol. The van der Waals surface area contributed by atoms with Crippen LogP contribution >= 0.6 is 0 Å². The van der Waals surface area contributed by atoms with Gasteiger partial charge in [0.2, 0.25) is 0 Å². The normalized spacial score (nSPS) is 13.9. The molecule has 0 aliphatic heterocycles. The van der Waals surface area contributed by atoms with Gasteiger partial charge in [0, 0.05) is 18.6 Å². The second-order valence-corrected chi connectivity index (χ2v) is 4.02. The number of fused-ring (bicyclic) bond motifs is 1. The molecule has 0 saturated carbocycles. The van der Waals surface area contributed by atoms with Crippen LogP contribution in [0.4, 0.5) is 0 Å². The minimum absolute atomic E-state index is 0.200. The SMILES string of the molecule is O=C1CCc2ccc(OCCCCO)cc21. The van der Waals surface area contributed by atoms with Gasteiger partial charge in [-0.3, -0.25) is 4.79 Å². The van der Waals surface area contributed by atoms with E-state index in [1.54, 1.807) is 0 Å². The number of hydrogen-bond acceptors (Lipinski definition) is 3. The van der Waals surface area contributed by atoms with Crippen LogP contribution in [0.1, 0.15) is 35.2 Å². The molecule has 0 unspecified atom stereocenters. The lowest BCUT2D eigenvalue weighted by molar-refractivity contribution is 0.0994. The monoisotopic (exact) mass is 220 g/mol. The molecule has 0 spiro atoms. The molecule has 1 aromatic carbocycles. The molecule has 2 rings (SSSR count). The number of rotatable bonds is 5. The van der Waals surface area contributed by atoms with E-state index in [0.29, 0.717) is 13.0 Å². The number of unbranched alkanes of at least 4 members (excludes halogenated alkanes) is 1. The van der Waals surface area contributed by atoms with Crippen LogP contribution in [-0.2, 0) is 6.42 Å². The van der Waals surface area contributed by atoms with Gasteiger partial charge in [-0.25, -0.2) is 0 Å². The first-order valence-electron chi connectivity index (χ1n) is 5.71. The molecule has 0 bridgehead atoms. The summed E-state index contributed by atoms with van der Waals surface area (Å²) in [6.45, 7) is 0.791. The van der Waals surface area contributed by atoms with E-state index in [9.17, 15) is 4.79 Å². The zero-order valence-electron chi connectivity index (χ0n) is 9.24. The number of carbonyl (C=O) groups excluding carboxylic acids is 1. The maximum absolute atomic E-state index is 11.5. The average Bonchev–Trinajstić information content (AvgIpc) is 2.67. The second kappa shape index (κ2) is 5.12. The zero-order chi connectivity index (χ0) is 11.4. The lowest BCUT2D eigenvalue weighted by Crippen LogP contribution is -2.00. The van der Waals surface area contributed by atoms with Gasteiger partial charge in [0.1, 0.15) is 5.75 Å². The van der Waals surface area contributed by atoms with Crippen LogP contribution < -0.4 is 4.74 Å². The highest BCUT2D eigenvalue weighted by molar-refractivity contribution is 6.00. The topological polar surface area (TPSA) is 46.5 Å². The van der Waals surface area contributed by atoms with Crippen molar-refractivity contribution in [2.24, 2.45) is 0 Å². The summed E-state index contributed by atoms with van der Waals surface area (Å²) in [6, 6.07) is 5.72. The summed E-state index contributed by atoms with van der Waals surface area (Å²) >= 11 is 0. The smallest absolute Gasteiger partial charge is 0.163 e. The lowest BCUT2D eigenvalue weighted by Gasteiger charge is -2.07. The molecular weight excluding hydrogens is 204 g/mol. The summed E-state index contributed by atoms with van der Waals surface area (Å²) in [5.41, 5.74) is 1.95. The molecule has 0 heterocycles. The van der Waals surface area contributed by atoms with Gasteiger partial charge in [-0.05, 0) is 37.0 Å². The van der Waals surface area contributed by atoms with E-state index in [2.05, 4.69) is 0 Å². The minimum Gasteiger partial charge on any atom is -0.494 e. The van der Waals surface area contributed by atoms with Crippen molar-refractivity contribution in [3.05, 3.63) is 29.3 Å². The van der Waals surface area contributed by atoms with Gasteiger partial charge < -0.3 is 9.84 Å². The minimum atomic E-state index is 0.200. The first-order valence-corrected chi connectivity index (χ1v) is 5.71. The van der Waals surface area contributed by atoms with E-state index < -0.39 is 0 Å². The van der Waals surface area contributed by atoms with Gasteiger partial charge in [0.05, 0.1) is 6.61 Å². The maximum Gasteiger partial charge on any atom is 0.163 e. The molecule has 3 heteroatoms. The number of carbonyl (C=O) groups is 1. The molecule has 0 radical (unpaired) electrons. The molecule has 0 saturated heterocycles. The third-order valence-corrected chi connectivity index (χ3v) is 2.82. The number of ether oxygens (including phenoxy) is 1. The molecule has 1 N–H and O–H groups in total. The molecule has 0 amide bonds. The first-order chi connectivity index (χ1) is 7.81. The van der Waals surface area contributed by atoms with E-state index in [4.69, 9.17) is 9.84 Å². The van der Waals surface area contributed by atoms with Gasteiger partial charge in [-0.15, -0.1) is 0 Å². The van der Waals surface area contributed by atoms with Gasteiger partial charge in [-0.1, -0.05) is 6.07 Å². The van der Waals surface area contributed by atoms with E-state index >= 15 is 0 Å². The molecule has 0 fully saturated rings. The van der Waals surface area contributed by atoms with Crippen molar-refractivity contribution in [3.8, 4) is 5.75 Å². The van der Waals surface area contributed by atoms with Gasteiger partial charge in [-0.2, -0.15) is 0 Å². The summed E-state index contributed by atoms with van der Waals surface area (Å²) in [4.78, 5) is 11.5. The number of ketones is 1. The van der Waals surface area contributed by atoms with Crippen molar-refractivity contribution in [1.29, 1.82) is 0 Å². The van der Waals surface area contributed by atoms with Crippen molar-refractivity contribution in [3.63, 3.8) is 0 Å². The third kappa shape index (κ3) is 2.42. The highest BCUT2D eigenvalue weighted by Crippen LogP contribution is 2.26. The summed E-state index contributed by atoms with van der Waals surface area (Å²) in [7, 11) is 0. The molecule has 1 aromatic rings. The Morgan fingerprint density at radius 3 is 2.94 bits per heavy atom. The number of benzene rings is 1. The Morgan fingerprint density at radius 2 is 2.12 bits per heavy atom. The number of aryl methyl sites for hydroxylation is 1. The van der Waals surface area contributed by atoms with Crippen LogP contribution in [0.25, 0.3) is 0 Å².